The Labute approximate surface area is 155 Å². The first-order chi connectivity index (χ1) is 12.6. The summed E-state index contributed by atoms with van der Waals surface area (Å²) in [6, 6.07) is 26.2. The van der Waals surface area contributed by atoms with Crippen molar-refractivity contribution in [2.45, 2.75) is 32.7 Å². The predicted octanol–water partition coefficient (Wildman–Crippen LogP) is 5.31. The number of carbonyl (C=O) groups excluding carboxylic acids is 1. The van der Waals surface area contributed by atoms with E-state index in [2.05, 4.69) is 37.4 Å². The van der Waals surface area contributed by atoms with Crippen LogP contribution in [0.15, 0.2) is 78.9 Å². The fraction of sp³-hybridized carbons (Fsp3) is 0.208. The molecule has 0 heterocycles. The van der Waals surface area contributed by atoms with Gasteiger partial charge in [0, 0.05) is 0 Å². The molecule has 1 N–H and O–H groups in total. The van der Waals surface area contributed by atoms with Crippen molar-refractivity contribution < 1.29 is 4.79 Å². The molecule has 132 valence electrons. The summed E-state index contributed by atoms with van der Waals surface area (Å²) in [7, 11) is 0. The number of hydrogen-bond acceptors (Lipinski definition) is 1. The van der Waals surface area contributed by atoms with Gasteiger partial charge in [-0.25, -0.2) is 0 Å². The van der Waals surface area contributed by atoms with Gasteiger partial charge in [0.25, 0.3) is 0 Å². The molecule has 0 aliphatic rings. The van der Waals surface area contributed by atoms with Gasteiger partial charge in [0.2, 0.25) is 5.91 Å². The SMILES string of the molecule is Cc1ccc(C)c(C(C)NC(=O)C(c2ccccc2)c2ccccc2)c1. The van der Waals surface area contributed by atoms with Crippen LogP contribution in [0.4, 0.5) is 0 Å². The van der Waals surface area contributed by atoms with E-state index < -0.39 is 0 Å². The Kier molecular flexibility index (Phi) is 5.52. The van der Waals surface area contributed by atoms with Crippen molar-refractivity contribution in [1.29, 1.82) is 0 Å². The van der Waals surface area contributed by atoms with E-state index in [0.717, 1.165) is 11.1 Å². The van der Waals surface area contributed by atoms with Crippen molar-refractivity contribution in [2.24, 2.45) is 0 Å². The van der Waals surface area contributed by atoms with E-state index >= 15 is 0 Å². The average Bonchev–Trinajstić information content (AvgIpc) is 2.65. The molecular formula is C24H25NO. The van der Waals surface area contributed by atoms with Gasteiger partial charge in [-0.2, -0.15) is 0 Å². The summed E-state index contributed by atoms with van der Waals surface area (Å²) >= 11 is 0. The van der Waals surface area contributed by atoms with Gasteiger partial charge in [-0.05, 0) is 43.0 Å². The number of amides is 1. The highest BCUT2D eigenvalue weighted by molar-refractivity contribution is 5.87. The Morgan fingerprint density at radius 2 is 1.35 bits per heavy atom. The Morgan fingerprint density at radius 1 is 0.808 bits per heavy atom. The molecular weight excluding hydrogens is 318 g/mol. The van der Waals surface area contributed by atoms with Gasteiger partial charge in [0.05, 0.1) is 12.0 Å². The third kappa shape index (κ3) is 4.02. The summed E-state index contributed by atoms with van der Waals surface area (Å²) < 4.78 is 0. The molecule has 0 aliphatic heterocycles. The lowest BCUT2D eigenvalue weighted by atomic mass is 9.90. The highest BCUT2D eigenvalue weighted by atomic mass is 16.1. The van der Waals surface area contributed by atoms with Crippen LogP contribution in [-0.2, 0) is 4.79 Å². The lowest BCUT2D eigenvalue weighted by Gasteiger charge is -2.22. The van der Waals surface area contributed by atoms with E-state index in [1.165, 1.54) is 16.7 Å². The van der Waals surface area contributed by atoms with Crippen LogP contribution in [0.2, 0.25) is 0 Å². The normalized spacial score (nSPS) is 12.0. The molecule has 1 unspecified atom stereocenters. The smallest absolute Gasteiger partial charge is 0.232 e. The molecule has 3 rings (SSSR count). The fourth-order valence-corrected chi connectivity index (χ4v) is 3.39. The molecule has 0 radical (unpaired) electrons. The second-order valence-electron chi connectivity index (χ2n) is 6.84. The van der Waals surface area contributed by atoms with Crippen LogP contribution < -0.4 is 5.32 Å². The summed E-state index contributed by atoms with van der Waals surface area (Å²) in [5.41, 5.74) is 5.57. The fourth-order valence-electron chi connectivity index (χ4n) is 3.39. The first-order valence-electron chi connectivity index (χ1n) is 9.03. The highest BCUT2D eigenvalue weighted by Crippen LogP contribution is 2.27. The second kappa shape index (κ2) is 8.01. The van der Waals surface area contributed by atoms with E-state index in [0.29, 0.717) is 0 Å². The maximum Gasteiger partial charge on any atom is 0.232 e. The molecule has 1 atom stereocenters. The summed E-state index contributed by atoms with van der Waals surface area (Å²) in [5, 5.41) is 3.22. The van der Waals surface area contributed by atoms with Gasteiger partial charge in [0.15, 0.2) is 0 Å². The molecule has 0 saturated carbocycles. The number of aryl methyl sites for hydroxylation is 2. The first kappa shape index (κ1) is 17.9. The Morgan fingerprint density at radius 3 is 1.88 bits per heavy atom. The molecule has 26 heavy (non-hydrogen) atoms. The zero-order valence-electron chi connectivity index (χ0n) is 15.6. The van der Waals surface area contributed by atoms with E-state index in [4.69, 9.17) is 0 Å². The summed E-state index contributed by atoms with van der Waals surface area (Å²) in [5.74, 6) is -0.291. The third-order valence-electron chi connectivity index (χ3n) is 4.79. The molecule has 3 aromatic carbocycles. The van der Waals surface area contributed by atoms with E-state index in [9.17, 15) is 4.79 Å². The molecule has 2 heteroatoms. The second-order valence-corrected chi connectivity index (χ2v) is 6.84. The molecule has 0 aromatic heterocycles. The lowest BCUT2D eigenvalue weighted by Crippen LogP contribution is -2.32. The van der Waals surface area contributed by atoms with Crippen LogP contribution >= 0.6 is 0 Å². The maximum absolute atomic E-state index is 13.2. The Bertz CT molecular complexity index is 832. The van der Waals surface area contributed by atoms with Crippen LogP contribution in [0.25, 0.3) is 0 Å². The van der Waals surface area contributed by atoms with Crippen molar-refractivity contribution in [3.63, 3.8) is 0 Å². The third-order valence-corrected chi connectivity index (χ3v) is 4.79. The Balaban J connectivity index is 1.90. The van der Waals surface area contributed by atoms with E-state index in [1.54, 1.807) is 0 Å². The molecule has 0 fully saturated rings. The van der Waals surface area contributed by atoms with Gasteiger partial charge in [-0.15, -0.1) is 0 Å². The van der Waals surface area contributed by atoms with E-state index in [1.807, 2.05) is 67.6 Å². The average molecular weight is 343 g/mol. The van der Waals surface area contributed by atoms with Gasteiger partial charge < -0.3 is 5.32 Å². The number of carbonyl (C=O) groups is 1. The van der Waals surface area contributed by atoms with Crippen molar-refractivity contribution in [3.8, 4) is 0 Å². The monoisotopic (exact) mass is 343 g/mol. The predicted molar refractivity (Wildman–Crippen MR) is 107 cm³/mol. The van der Waals surface area contributed by atoms with Crippen LogP contribution in [0.1, 0.15) is 46.7 Å². The minimum Gasteiger partial charge on any atom is -0.349 e. The molecule has 0 bridgehead atoms. The van der Waals surface area contributed by atoms with Crippen molar-refractivity contribution in [2.75, 3.05) is 0 Å². The minimum atomic E-state index is -0.315. The Hall–Kier alpha value is -2.87. The van der Waals surface area contributed by atoms with E-state index in [-0.39, 0.29) is 17.9 Å². The van der Waals surface area contributed by atoms with Gasteiger partial charge in [-0.3, -0.25) is 4.79 Å². The minimum absolute atomic E-state index is 0.0239. The van der Waals surface area contributed by atoms with Crippen LogP contribution in [0, 0.1) is 13.8 Å². The summed E-state index contributed by atoms with van der Waals surface area (Å²) in [6.45, 7) is 6.21. The standard InChI is InChI=1S/C24H25NO/c1-17-14-15-18(2)22(16-17)19(3)25-24(26)23(20-10-6-4-7-11-20)21-12-8-5-9-13-21/h4-16,19,23H,1-3H3,(H,25,26). The van der Waals surface area contributed by atoms with Crippen LogP contribution in [0.5, 0.6) is 0 Å². The van der Waals surface area contributed by atoms with Crippen molar-refractivity contribution >= 4 is 5.91 Å². The number of nitrogens with one attached hydrogen (secondary N) is 1. The maximum atomic E-state index is 13.2. The van der Waals surface area contributed by atoms with Crippen LogP contribution in [0.3, 0.4) is 0 Å². The molecule has 3 aromatic rings. The molecule has 2 nitrogen and oxygen atoms in total. The summed E-state index contributed by atoms with van der Waals surface area (Å²) in [4.78, 5) is 13.2. The topological polar surface area (TPSA) is 29.1 Å². The lowest BCUT2D eigenvalue weighted by molar-refractivity contribution is -0.122. The number of benzene rings is 3. The molecule has 0 saturated heterocycles. The highest BCUT2D eigenvalue weighted by Gasteiger charge is 2.24. The largest absolute Gasteiger partial charge is 0.349 e. The number of hydrogen-bond donors (Lipinski definition) is 1. The van der Waals surface area contributed by atoms with Crippen LogP contribution in [-0.4, -0.2) is 5.91 Å². The zero-order chi connectivity index (χ0) is 18.5. The quantitative estimate of drug-likeness (QED) is 0.668. The number of rotatable bonds is 5. The van der Waals surface area contributed by atoms with Crippen molar-refractivity contribution in [3.05, 3.63) is 107 Å². The molecule has 1 amide bonds. The zero-order valence-corrected chi connectivity index (χ0v) is 15.6. The first-order valence-corrected chi connectivity index (χ1v) is 9.03. The molecule has 0 aliphatic carbocycles. The molecule has 0 spiro atoms. The van der Waals surface area contributed by atoms with Gasteiger partial charge in [-0.1, -0.05) is 84.4 Å². The van der Waals surface area contributed by atoms with Gasteiger partial charge in [0.1, 0.15) is 0 Å². The van der Waals surface area contributed by atoms with Crippen molar-refractivity contribution in [1.82, 2.24) is 5.32 Å². The summed E-state index contributed by atoms with van der Waals surface area (Å²) in [6.07, 6.45) is 0. The van der Waals surface area contributed by atoms with Gasteiger partial charge >= 0.3 is 0 Å².